The van der Waals surface area contributed by atoms with E-state index in [2.05, 4.69) is 14.7 Å². The maximum absolute atomic E-state index is 15.8. The molecule has 9 nitrogen and oxygen atoms in total. The van der Waals surface area contributed by atoms with Crippen LogP contribution in [0.3, 0.4) is 0 Å². The van der Waals surface area contributed by atoms with Crippen LogP contribution in [0, 0.1) is 12.7 Å². The number of nitrogens with zero attached hydrogens (tertiary/aromatic N) is 3. The van der Waals surface area contributed by atoms with E-state index in [9.17, 15) is 13.5 Å². The Bertz CT molecular complexity index is 1570. The van der Waals surface area contributed by atoms with Crippen LogP contribution in [0.1, 0.15) is 17.2 Å². The first-order valence-electron chi connectivity index (χ1n) is 10.6. The molecule has 0 bridgehead atoms. The van der Waals surface area contributed by atoms with Gasteiger partial charge in [-0.25, -0.2) is 22.8 Å². The lowest BCUT2D eigenvalue weighted by Crippen LogP contribution is -2.30. The number of halogens is 2. The van der Waals surface area contributed by atoms with Crippen LogP contribution in [0.4, 0.5) is 15.9 Å². The lowest BCUT2D eigenvalue weighted by atomic mass is 10.0. The van der Waals surface area contributed by atoms with Crippen molar-refractivity contribution in [3.05, 3.63) is 64.8 Å². The molecule has 3 heterocycles. The third kappa shape index (κ3) is 4.00. The second-order valence-electron chi connectivity index (χ2n) is 8.27. The van der Waals surface area contributed by atoms with Gasteiger partial charge in [-0.15, -0.1) is 0 Å². The SMILES string of the molecule is Cc1cc(CO)c(Cl)c(S(=O)(=O)Nc2cccc(-c3cn(C4COC4)c4ncnc(N)c34)c2F)c1. The Hall–Kier alpha value is -3.25. The highest BCUT2D eigenvalue weighted by Crippen LogP contribution is 2.39. The molecular weight excluding hydrogens is 497 g/mol. The van der Waals surface area contributed by atoms with Crippen molar-refractivity contribution < 1.29 is 22.7 Å². The molecule has 1 saturated heterocycles. The Balaban J connectivity index is 1.61. The summed E-state index contributed by atoms with van der Waals surface area (Å²) in [5.74, 6) is -0.619. The predicted octanol–water partition coefficient (Wildman–Crippen LogP) is 3.65. The molecule has 0 atom stereocenters. The first-order valence-corrected chi connectivity index (χ1v) is 12.5. The number of sulfonamides is 1. The van der Waals surface area contributed by atoms with Gasteiger partial charge in [0.15, 0.2) is 5.82 Å². The standard InChI is InChI=1S/C23H21ClFN5O4S/c1-12-5-13(8-31)20(24)18(6-12)35(32,33)29-17-4-2-3-15(21(17)25)16-7-30(14-9-34-10-14)23-19(16)22(26)27-11-28-23/h2-7,11,14,29,31H,8-10H2,1H3,(H2,26,27,28). The highest BCUT2D eigenvalue weighted by Gasteiger charge is 2.28. The summed E-state index contributed by atoms with van der Waals surface area (Å²) in [6, 6.07) is 7.33. The summed E-state index contributed by atoms with van der Waals surface area (Å²) in [4.78, 5) is 8.12. The number of nitrogens with one attached hydrogen (secondary N) is 1. The molecule has 12 heteroatoms. The van der Waals surface area contributed by atoms with Crippen LogP contribution >= 0.6 is 11.6 Å². The lowest BCUT2D eigenvalue weighted by molar-refractivity contribution is -0.0215. The molecule has 0 saturated carbocycles. The number of benzene rings is 2. The molecule has 0 aliphatic carbocycles. The number of ether oxygens (including phenoxy) is 1. The largest absolute Gasteiger partial charge is 0.392 e. The summed E-state index contributed by atoms with van der Waals surface area (Å²) in [7, 11) is -4.28. The van der Waals surface area contributed by atoms with Crippen molar-refractivity contribution in [2.45, 2.75) is 24.5 Å². The molecule has 0 unspecified atom stereocenters. The minimum atomic E-state index is -4.28. The van der Waals surface area contributed by atoms with Gasteiger partial charge in [0.1, 0.15) is 22.7 Å². The molecule has 4 N–H and O–H groups in total. The number of rotatable bonds is 6. The van der Waals surface area contributed by atoms with Crippen molar-refractivity contribution in [2.75, 3.05) is 23.7 Å². The summed E-state index contributed by atoms with van der Waals surface area (Å²) in [5.41, 5.74) is 7.78. The quantitative estimate of drug-likeness (QED) is 0.355. The molecule has 5 rings (SSSR count). The van der Waals surface area contributed by atoms with Crippen LogP contribution in [-0.2, 0) is 21.4 Å². The number of fused-ring (bicyclic) bond motifs is 1. The summed E-state index contributed by atoms with van der Waals surface area (Å²) < 4.78 is 51.5. The topological polar surface area (TPSA) is 132 Å². The van der Waals surface area contributed by atoms with E-state index < -0.39 is 22.4 Å². The zero-order valence-corrected chi connectivity index (χ0v) is 20.1. The molecule has 1 aliphatic rings. The molecule has 1 fully saturated rings. The minimum absolute atomic E-state index is 0.0227. The number of hydrogen-bond donors (Lipinski definition) is 3. The van der Waals surface area contributed by atoms with Crippen LogP contribution in [0.25, 0.3) is 22.2 Å². The Morgan fingerprint density at radius 2 is 2.06 bits per heavy atom. The maximum atomic E-state index is 15.8. The average Bonchev–Trinajstić information content (AvgIpc) is 3.15. The Morgan fingerprint density at radius 3 is 2.74 bits per heavy atom. The number of nitrogen functional groups attached to an aromatic ring is 1. The van der Waals surface area contributed by atoms with Crippen LogP contribution in [0.5, 0.6) is 0 Å². The Labute approximate surface area is 205 Å². The molecule has 1 aliphatic heterocycles. The predicted molar refractivity (Wildman–Crippen MR) is 130 cm³/mol. The number of aliphatic hydroxyl groups excluding tert-OH is 1. The summed E-state index contributed by atoms with van der Waals surface area (Å²) in [5, 5.41) is 9.85. The fourth-order valence-electron chi connectivity index (χ4n) is 4.11. The van der Waals surface area contributed by atoms with Gasteiger partial charge in [-0.3, -0.25) is 4.72 Å². The van der Waals surface area contributed by atoms with Gasteiger partial charge >= 0.3 is 0 Å². The second kappa shape index (κ2) is 8.76. The number of aromatic nitrogens is 3. The fourth-order valence-corrected chi connectivity index (χ4v) is 5.85. The van der Waals surface area contributed by atoms with Crippen molar-refractivity contribution in [3.63, 3.8) is 0 Å². The number of nitrogens with two attached hydrogens (primary N) is 1. The van der Waals surface area contributed by atoms with Crippen molar-refractivity contribution in [1.82, 2.24) is 14.5 Å². The Kier molecular flexibility index (Phi) is 5.88. The molecule has 0 spiro atoms. The smallest absolute Gasteiger partial charge is 0.263 e. The minimum Gasteiger partial charge on any atom is -0.392 e. The van der Waals surface area contributed by atoms with Gasteiger partial charge in [0.05, 0.1) is 42.0 Å². The lowest BCUT2D eigenvalue weighted by Gasteiger charge is -2.27. The summed E-state index contributed by atoms with van der Waals surface area (Å²) in [6.45, 7) is 2.21. The van der Waals surface area contributed by atoms with E-state index in [1.165, 1.54) is 30.6 Å². The second-order valence-corrected chi connectivity index (χ2v) is 10.3. The highest BCUT2D eigenvalue weighted by atomic mass is 35.5. The van der Waals surface area contributed by atoms with Crippen LogP contribution in [0.2, 0.25) is 5.02 Å². The molecule has 4 aromatic rings. The van der Waals surface area contributed by atoms with Gasteiger partial charge in [-0.1, -0.05) is 29.8 Å². The van der Waals surface area contributed by atoms with E-state index in [0.29, 0.717) is 35.4 Å². The number of anilines is 2. The van der Waals surface area contributed by atoms with Crippen molar-refractivity contribution in [2.24, 2.45) is 0 Å². The van der Waals surface area contributed by atoms with Gasteiger partial charge in [0, 0.05) is 17.3 Å². The van der Waals surface area contributed by atoms with E-state index in [0.717, 1.165) is 0 Å². The maximum Gasteiger partial charge on any atom is 0.263 e. The van der Waals surface area contributed by atoms with Crippen LogP contribution in [0.15, 0.2) is 47.8 Å². The molecule has 35 heavy (non-hydrogen) atoms. The average molecular weight is 518 g/mol. The van der Waals surface area contributed by atoms with E-state index >= 15 is 4.39 Å². The molecule has 2 aromatic carbocycles. The molecule has 0 radical (unpaired) electrons. The molecule has 182 valence electrons. The number of aryl methyl sites for hydroxylation is 1. The molecule has 2 aromatic heterocycles. The van der Waals surface area contributed by atoms with Crippen molar-refractivity contribution in [3.8, 4) is 11.1 Å². The van der Waals surface area contributed by atoms with E-state index in [1.807, 2.05) is 4.57 Å². The number of aliphatic hydroxyl groups is 1. The van der Waals surface area contributed by atoms with Crippen molar-refractivity contribution >= 4 is 44.2 Å². The first-order chi connectivity index (χ1) is 16.7. The number of hydrogen-bond acceptors (Lipinski definition) is 7. The van der Waals surface area contributed by atoms with Gasteiger partial charge in [-0.05, 0) is 30.2 Å². The highest BCUT2D eigenvalue weighted by molar-refractivity contribution is 7.92. The van der Waals surface area contributed by atoms with Crippen molar-refractivity contribution in [1.29, 1.82) is 0 Å². The third-order valence-corrected chi connectivity index (χ3v) is 7.85. The van der Waals surface area contributed by atoms with E-state index in [-0.39, 0.29) is 38.6 Å². The van der Waals surface area contributed by atoms with Crippen LogP contribution < -0.4 is 10.5 Å². The van der Waals surface area contributed by atoms with Gasteiger partial charge in [-0.2, -0.15) is 0 Å². The zero-order valence-electron chi connectivity index (χ0n) is 18.5. The molecule has 0 amide bonds. The molecular formula is C23H21ClFN5O4S. The summed E-state index contributed by atoms with van der Waals surface area (Å²) in [6.07, 6.45) is 3.06. The zero-order chi connectivity index (χ0) is 24.9. The van der Waals surface area contributed by atoms with Gasteiger partial charge < -0.3 is 20.1 Å². The Morgan fingerprint density at radius 1 is 1.29 bits per heavy atom. The normalized spacial score (nSPS) is 14.3. The third-order valence-electron chi connectivity index (χ3n) is 5.90. The van der Waals surface area contributed by atoms with E-state index in [1.54, 1.807) is 19.2 Å². The summed E-state index contributed by atoms with van der Waals surface area (Å²) >= 11 is 6.22. The fraction of sp³-hybridized carbons (Fsp3) is 0.217. The van der Waals surface area contributed by atoms with Gasteiger partial charge in [0.25, 0.3) is 10.0 Å². The van der Waals surface area contributed by atoms with Crippen LogP contribution in [-0.4, -0.2) is 41.3 Å². The van der Waals surface area contributed by atoms with E-state index in [4.69, 9.17) is 22.1 Å². The first kappa shape index (κ1) is 23.5. The monoisotopic (exact) mass is 517 g/mol. The van der Waals surface area contributed by atoms with Gasteiger partial charge in [0.2, 0.25) is 0 Å².